The lowest BCUT2D eigenvalue weighted by molar-refractivity contribution is 0.118. The van der Waals surface area contributed by atoms with Gasteiger partial charge in [-0.3, -0.25) is 4.68 Å². The van der Waals surface area contributed by atoms with Crippen molar-refractivity contribution in [3.63, 3.8) is 0 Å². The molecule has 0 radical (unpaired) electrons. The summed E-state index contributed by atoms with van der Waals surface area (Å²) in [6.07, 6.45) is 2.58. The smallest absolute Gasteiger partial charge is 0.0835 e. The van der Waals surface area contributed by atoms with Gasteiger partial charge in [-0.25, -0.2) is 0 Å². The summed E-state index contributed by atoms with van der Waals surface area (Å²) in [6, 6.07) is -0.256. The van der Waals surface area contributed by atoms with Crippen LogP contribution in [0.15, 0.2) is 6.20 Å². The van der Waals surface area contributed by atoms with Crippen molar-refractivity contribution in [3.8, 4) is 0 Å². The summed E-state index contributed by atoms with van der Waals surface area (Å²) in [7, 11) is 1.65. The van der Waals surface area contributed by atoms with Gasteiger partial charge in [0, 0.05) is 13.7 Å². The minimum absolute atomic E-state index is 0.256. The molecule has 17 heavy (non-hydrogen) atoms. The molecule has 1 heterocycles. The maximum atomic E-state index is 6.07. The number of hydrogen-bond donors (Lipinski definition) is 1. The average Bonchev–Trinajstić information content (AvgIpc) is 2.68. The summed E-state index contributed by atoms with van der Waals surface area (Å²) < 4.78 is 12.2. The van der Waals surface area contributed by atoms with Gasteiger partial charge in [-0.1, -0.05) is 18.5 Å². The van der Waals surface area contributed by atoms with E-state index in [9.17, 15) is 0 Å². The van der Waals surface area contributed by atoms with Gasteiger partial charge in [0.2, 0.25) is 0 Å². The van der Waals surface area contributed by atoms with Gasteiger partial charge in [0.25, 0.3) is 0 Å². The molecule has 0 aliphatic carbocycles. The summed E-state index contributed by atoms with van der Waals surface area (Å²) >= 11 is 6.07. The van der Waals surface area contributed by atoms with E-state index in [-0.39, 0.29) is 6.04 Å². The molecule has 0 fully saturated rings. The minimum atomic E-state index is -0.256. The fraction of sp³-hybridized carbons (Fsp3) is 0.727. The number of halogens is 1. The number of nitrogens with two attached hydrogens (primary N) is 1. The van der Waals surface area contributed by atoms with Crippen LogP contribution in [0.1, 0.15) is 25.1 Å². The predicted molar refractivity (Wildman–Crippen MR) is 67.2 cm³/mol. The Labute approximate surface area is 107 Å². The van der Waals surface area contributed by atoms with Crippen LogP contribution in [0.3, 0.4) is 0 Å². The summed E-state index contributed by atoms with van der Waals surface area (Å²) in [4.78, 5) is 0. The van der Waals surface area contributed by atoms with Crippen LogP contribution in [0, 0.1) is 0 Å². The number of ether oxygens (including phenoxy) is 2. The number of aromatic nitrogens is 2. The second-order valence-electron chi connectivity index (χ2n) is 3.78. The summed E-state index contributed by atoms with van der Waals surface area (Å²) in [5.74, 6) is 0. The van der Waals surface area contributed by atoms with Crippen LogP contribution in [0.4, 0.5) is 0 Å². The third-order valence-corrected chi connectivity index (χ3v) is 2.63. The lowest BCUT2D eigenvalue weighted by Gasteiger charge is -2.15. The van der Waals surface area contributed by atoms with E-state index in [0.717, 1.165) is 12.1 Å². The van der Waals surface area contributed by atoms with E-state index in [2.05, 4.69) is 12.0 Å². The second kappa shape index (κ2) is 7.66. The molecule has 2 N–H and O–H groups in total. The Hall–Kier alpha value is -0.620. The maximum absolute atomic E-state index is 6.07. The first kappa shape index (κ1) is 14.4. The lowest BCUT2D eigenvalue weighted by Crippen LogP contribution is -2.22. The van der Waals surface area contributed by atoms with Crippen molar-refractivity contribution < 1.29 is 9.47 Å². The van der Waals surface area contributed by atoms with Crippen molar-refractivity contribution >= 4 is 11.6 Å². The van der Waals surface area contributed by atoms with Gasteiger partial charge >= 0.3 is 0 Å². The first-order valence-electron chi connectivity index (χ1n) is 5.74. The van der Waals surface area contributed by atoms with Crippen LogP contribution < -0.4 is 5.73 Å². The topological polar surface area (TPSA) is 62.3 Å². The fourth-order valence-corrected chi connectivity index (χ4v) is 1.81. The molecule has 1 aromatic heterocycles. The number of nitrogens with zero attached hydrogens (tertiary/aromatic N) is 2. The Morgan fingerprint density at radius 1 is 1.53 bits per heavy atom. The molecule has 6 heteroatoms. The highest BCUT2D eigenvalue weighted by Gasteiger charge is 2.16. The third kappa shape index (κ3) is 4.27. The highest BCUT2D eigenvalue weighted by molar-refractivity contribution is 6.31. The average molecular weight is 262 g/mol. The molecular formula is C11H20ClN3O2. The maximum Gasteiger partial charge on any atom is 0.0835 e. The van der Waals surface area contributed by atoms with Crippen molar-refractivity contribution in [2.45, 2.75) is 25.9 Å². The highest BCUT2D eigenvalue weighted by Crippen LogP contribution is 2.21. The van der Waals surface area contributed by atoms with E-state index in [1.807, 2.05) is 0 Å². The second-order valence-corrected chi connectivity index (χ2v) is 4.18. The zero-order valence-electron chi connectivity index (χ0n) is 10.4. The molecule has 5 nitrogen and oxygen atoms in total. The van der Waals surface area contributed by atoms with Crippen molar-refractivity contribution in [3.05, 3.63) is 16.9 Å². The molecule has 0 bridgehead atoms. The van der Waals surface area contributed by atoms with Crippen LogP contribution in [-0.2, 0) is 16.0 Å². The Morgan fingerprint density at radius 3 is 2.94 bits per heavy atom. The van der Waals surface area contributed by atoms with Gasteiger partial charge in [0.1, 0.15) is 0 Å². The summed E-state index contributed by atoms with van der Waals surface area (Å²) in [5.41, 5.74) is 6.85. The molecule has 1 unspecified atom stereocenters. The van der Waals surface area contributed by atoms with E-state index >= 15 is 0 Å². The molecule has 0 aliphatic rings. The van der Waals surface area contributed by atoms with Crippen LogP contribution >= 0.6 is 11.6 Å². The number of hydrogen-bond acceptors (Lipinski definition) is 4. The Morgan fingerprint density at radius 2 is 2.29 bits per heavy atom. The molecule has 0 amide bonds. The van der Waals surface area contributed by atoms with E-state index in [1.54, 1.807) is 18.0 Å². The zero-order chi connectivity index (χ0) is 12.7. The molecule has 0 aliphatic heterocycles. The van der Waals surface area contributed by atoms with Crippen molar-refractivity contribution in [2.75, 3.05) is 26.9 Å². The van der Waals surface area contributed by atoms with E-state index < -0.39 is 0 Å². The van der Waals surface area contributed by atoms with E-state index in [0.29, 0.717) is 31.4 Å². The quantitative estimate of drug-likeness (QED) is 0.722. The first-order chi connectivity index (χ1) is 8.20. The molecule has 0 aromatic carbocycles. The van der Waals surface area contributed by atoms with Gasteiger partial charge in [-0.05, 0) is 6.42 Å². The Bertz CT molecular complexity index is 331. The van der Waals surface area contributed by atoms with Gasteiger partial charge < -0.3 is 15.2 Å². The third-order valence-electron chi connectivity index (χ3n) is 2.34. The van der Waals surface area contributed by atoms with Crippen LogP contribution in [0.25, 0.3) is 0 Å². The van der Waals surface area contributed by atoms with Gasteiger partial charge in [0.05, 0.1) is 42.7 Å². The normalized spacial score (nSPS) is 12.9. The largest absolute Gasteiger partial charge is 0.383 e. The molecule has 0 saturated heterocycles. The van der Waals surface area contributed by atoms with Crippen LogP contribution in [0.2, 0.25) is 5.02 Å². The van der Waals surface area contributed by atoms with Crippen LogP contribution in [-0.4, -0.2) is 36.7 Å². The van der Waals surface area contributed by atoms with Crippen molar-refractivity contribution in [1.82, 2.24) is 9.78 Å². The molecular weight excluding hydrogens is 242 g/mol. The molecule has 1 aromatic rings. The SMILES string of the molecule is CCCOCC(N)c1c(Cl)cnn1CCOC. The lowest BCUT2D eigenvalue weighted by atomic mass is 10.2. The Kier molecular flexibility index (Phi) is 6.50. The number of rotatable bonds is 8. The molecule has 98 valence electrons. The first-order valence-corrected chi connectivity index (χ1v) is 6.12. The predicted octanol–water partition coefficient (Wildman–Crippen LogP) is 1.61. The van der Waals surface area contributed by atoms with E-state index in [1.165, 1.54) is 0 Å². The van der Waals surface area contributed by atoms with Crippen molar-refractivity contribution in [1.29, 1.82) is 0 Å². The van der Waals surface area contributed by atoms with Crippen molar-refractivity contribution in [2.24, 2.45) is 5.73 Å². The van der Waals surface area contributed by atoms with Crippen LogP contribution in [0.5, 0.6) is 0 Å². The fourth-order valence-electron chi connectivity index (χ4n) is 1.53. The Balaban J connectivity index is 2.63. The number of methoxy groups -OCH3 is 1. The van der Waals surface area contributed by atoms with Gasteiger partial charge in [-0.2, -0.15) is 5.10 Å². The molecule has 0 spiro atoms. The molecule has 1 atom stereocenters. The zero-order valence-corrected chi connectivity index (χ0v) is 11.1. The molecule has 1 rings (SSSR count). The monoisotopic (exact) mass is 261 g/mol. The van der Waals surface area contributed by atoms with Gasteiger partial charge in [0.15, 0.2) is 0 Å². The highest BCUT2D eigenvalue weighted by atomic mass is 35.5. The summed E-state index contributed by atoms with van der Waals surface area (Å²) in [6.45, 7) is 4.43. The molecule has 0 saturated carbocycles. The minimum Gasteiger partial charge on any atom is -0.383 e. The standard InChI is InChI=1S/C11H20ClN3O2/c1-3-5-17-8-10(13)11-9(12)7-14-15(11)4-6-16-2/h7,10H,3-6,8,13H2,1-2H3. The van der Waals surface area contributed by atoms with Gasteiger partial charge in [-0.15, -0.1) is 0 Å². The summed E-state index contributed by atoms with van der Waals surface area (Å²) in [5, 5.41) is 4.75. The van der Waals surface area contributed by atoms with E-state index in [4.69, 9.17) is 26.8 Å².